The number of nitrogens with zero attached hydrogens (tertiary/aromatic N) is 3. The number of halogens is 3. The number of anilines is 1. The maximum Gasteiger partial charge on any atom is 0.321 e. The van der Waals surface area contributed by atoms with E-state index < -0.39 is 11.6 Å². The number of benzene rings is 1. The molecule has 3 amide bonds. The molecular weight excluding hydrogens is 514 g/mol. The van der Waals surface area contributed by atoms with Crippen LogP contribution in [0, 0.1) is 11.6 Å². The molecule has 1 fully saturated rings. The van der Waals surface area contributed by atoms with Gasteiger partial charge >= 0.3 is 6.03 Å². The highest BCUT2D eigenvalue weighted by molar-refractivity contribution is 9.11. The third-order valence-corrected chi connectivity index (χ3v) is 7.97. The maximum absolute atomic E-state index is 13.4. The van der Waals surface area contributed by atoms with E-state index in [-0.39, 0.29) is 18.0 Å². The molecule has 0 radical (unpaired) electrons. The van der Waals surface area contributed by atoms with Gasteiger partial charge in [-0.15, -0.1) is 11.8 Å². The van der Waals surface area contributed by atoms with Crippen LogP contribution < -0.4 is 5.32 Å². The summed E-state index contributed by atoms with van der Waals surface area (Å²) < 4.78 is 27.9. The van der Waals surface area contributed by atoms with Crippen LogP contribution in [0.1, 0.15) is 19.3 Å². The van der Waals surface area contributed by atoms with Gasteiger partial charge in [-0.1, -0.05) is 15.9 Å². The van der Waals surface area contributed by atoms with Gasteiger partial charge < -0.3 is 15.1 Å². The molecule has 1 aromatic heterocycles. The van der Waals surface area contributed by atoms with Crippen molar-refractivity contribution < 1.29 is 18.4 Å². The Hall–Kier alpha value is -2.46. The van der Waals surface area contributed by atoms with Crippen molar-refractivity contribution in [1.29, 1.82) is 0 Å². The second-order valence-electron chi connectivity index (χ2n) is 7.99. The van der Waals surface area contributed by atoms with Gasteiger partial charge in [-0.2, -0.15) is 0 Å². The van der Waals surface area contributed by atoms with Crippen LogP contribution in [0.4, 0.5) is 19.3 Å². The molecule has 10 heteroatoms. The second-order valence-corrected chi connectivity index (χ2v) is 10.0. The number of piperidine rings is 1. The fourth-order valence-corrected chi connectivity index (χ4v) is 5.93. The monoisotopic (exact) mass is 536 g/mol. The number of allylic oxidation sites excluding steroid dienone is 1. The SMILES string of the molecule is CN(C(=O)Nc1ccc(-c2cc(F)cc(F)c2)nc1)C1CCN(C(=O)C2=C(Br)CCS2)CC1. The lowest BCUT2D eigenvalue weighted by molar-refractivity contribution is -0.127. The molecule has 0 atom stereocenters. The van der Waals surface area contributed by atoms with Gasteiger partial charge in [-0.25, -0.2) is 13.6 Å². The van der Waals surface area contributed by atoms with Gasteiger partial charge in [0.15, 0.2) is 0 Å². The van der Waals surface area contributed by atoms with Crippen molar-refractivity contribution in [2.24, 2.45) is 0 Å². The Labute approximate surface area is 203 Å². The number of amides is 3. The molecule has 1 aromatic carbocycles. The Morgan fingerprint density at radius 3 is 2.45 bits per heavy atom. The van der Waals surface area contributed by atoms with E-state index in [0.717, 1.165) is 27.6 Å². The fraction of sp³-hybridized carbons (Fsp3) is 0.348. The summed E-state index contributed by atoms with van der Waals surface area (Å²) >= 11 is 5.08. The first kappa shape index (κ1) is 23.7. The van der Waals surface area contributed by atoms with E-state index in [1.165, 1.54) is 18.3 Å². The molecule has 1 N–H and O–H groups in total. The van der Waals surface area contributed by atoms with E-state index >= 15 is 0 Å². The van der Waals surface area contributed by atoms with Gasteiger partial charge in [0, 0.05) is 48.0 Å². The van der Waals surface area contributed by atoms with Gasteiger partial charge in [-0.3, -0.25) is 9.78 Å². The molecule has 174 valence electrons. The molecule has 33 heavy (non-hydrogen) atoms. The molecule has 2 aliphatic rings. The normalized spacial score (nSPS) is 16.8. The number of rotatable bonds is 4. The molecule has 4 rings (SSSR count). The highest BCUT2D eigenvalue weighted by atomic mass is 79.9. The molecule has 0 unspecified atom stereocenters. The first-order chi connectivity index (χ1) is 15.8. The van der Waals surface area contributed by atoms with Gasteiger partial charge in [0.2, 0.25) is 0 Å². The number of carbonyl (C=O) groups is 2. The summed E-state index contributed by atoms with van der Waals surface area (Å²) in [6, 6.07) is 6.20. The van der Waals surface area contributed by atoms with E-state index in [4.69, 9.17) is 0 Å². The summed E-state index contributed by atoms with van der Waals surface area (Å²) in [6.07, 6.45) is 3.75. The standard InChI is InChI=1S/C23H23BrF2N4O2S/c1-29(18-4-7-30(8-5-18)22(31)21-19(24)6-9-33-21)23(32)28-17-2-3-20(27-13-17)14-10-15(25)12-16(26)11-14/h2-3,10-13,18H,4-9H2,1H3,(H,28,32). The largest absolute Gasteiger partial charge is 0.338 e. The Bertz CT molecular complexity index is 1070. The van der Waals surface area contributed by atoms with Crippen LogP contribution in [0.15, 0.2) is 45.9 Å². The molecular formula is C23H23BrF2N4O2S. The summed E-state index contributed by atoms with van der Waals surface area (Å²) in [7, 11) is 1.74. The molecule has 0 saturated carbocycles. The third kappa shape index (κ3) is 5.55. The molecule has 0 aliphatic carbocycles. The maximum atomic E-state index is 13.4. The molecule has 2 aliphatic heterocycles. The first-order valence-electron chi connectivity index (χ1n) is 10.6. The number of urea groups is 1. The van der Waals surface area contributed by atoms with Crippen LogP contribution in [0.5, 0.6) is 0 Å². The topological polar surface area (TPSA) is 65.5 Å². The molecule has 2 aromatic rings. The Kier molecular flexibility index (Phi) is 7.33. The van der Waals surface area contributed by atoms with Crippen LogP contribution in [0.25, 0.3) is 11.3 Å². The number of hydrogen-bond acceptors (Lipinski definition) is 4. The second kappa shape index (κ2) is 10.2. The van der Waals surface area contributed by atoms with E-state index in [1.807, 2.05) is 4.90 Å². The average Bonchev–Trinajstić information content (AvgIpc) is 3.24. The third-order valence-electron chi connectivity index (χ3n) is 5.80. The summed E-state index contributed by atoms with van der Waals surface area (Å²) in [5, 5.41) is 2.80. The summed E-state index contributed by atoms with van der Waals surface area (Å²) in [6.45, 7) is 1.21. The minimum absolute atomic E-state index is 0.0187. The smallest absolute Gasteiger partial charge is 0.321 e. The highest BCUT2D eigenvalue weighted by Gasteiger charge is 2.31. The van der Waals surface area contributed by atoms with E-state index in [1.54, 1.807) is 35.8 Å². The van der Waals surface area contributed by atoms with Crippen molar-refractivity contribution in [3.63, 3.8) is 0 Å². The Balaban J connectivity index is 1.32. The van der Waals surface area contributed by atoms with Crippen molar-refractivity contribution in [1.82, 2.24) is 14.8 Å². The van der Waals surface area contributed by atoms with Crippen LogP contribution in [-0.4, -0.2) is 58.7 Å². The van der Waals surface area contributed by atoms with Crippen molar-refractivity contribution in [3.8, 4) is 11.3 Å². The number of carbonyl (C=O) groups excluding carboxylic acids is 2. The van der Waals surface area contributed by atoms with E-state index in [2.05, 4.69) is 26.2 Å². The molecule has 1 saturated heterocycles. The van der Waals surface area contributed by atoms with E-state index in [9.17, 15) is 18.4 Å². The predicted molar refractivity (Wildman–Crippen MR) is 129 cm³/mol. The Morgan fingerprint density at radius 2 is 1.88 bits per heavy atom. The summed E-state index contributed by atoms with van der Waals surface area (Å²) in [5.74, 6) is -0.357. The molecule has 3 heterocycles. The molecule has 6 nitrogen and oxygen atoms in total. The van der Waals surface area contributed by atoms with Crippen molar-refractivity contribution in [2.75, 3.05) is 31.2 Å². The Morgan fingerprint density at radius 1 is 1.18 bits per heavy atom. The number of thioether (sulfide) groups is 1. The number of nitrogens with one attached hydrogen (secondary N) is 1. The number of pyridine rings is 1. The zero-order valence-electron chi connectivity index (χ0n) is 18.0. The highest BCUT2D eigenvalue weighted by Crippen LogP contribution is 2.36. The number of likely N-dealkylation sites (tertiary alicyclic amines) is 1. The lowest BCUT2D eigenvalue weighted by Crippen LogP contribution is -2.48. The average molecular weight is 537 g/mol. The molecule has 0 spiro atoms. The lowest BCUT2D eigenvalue weighted by Gasteiger charge is -2.36. The van der Waals surface area contributed by atoms with Crippen LogP contribution >= 0.6 is 27.7 Å². The fourth-order valence-electron chi connectivity index (χ4n) is 3.93. The number of hydrogen-bond donors (Lipinski definition) is 1. The van der Waals surface area contributed by atoms with Gasteiger partial charge in [0.25, 0.3) is 5.91 Å². The minimum atomic E-state index is -0.676. The van der Waals surface area contributed by atoms with Crippen molar-refractivity contribution in [2.45, 2.75) is 25.3 Å². The van der Waals surface area contributed by atoms with E-state index in [0.29, 0.717) is 42.9 Å². The van der Waals surface area contributed by atoms with Crippen molar-refractivity contribution in [3.05, 3.63) is 57.6 Å². The predicted octanol–water partition coefficient (Wildman–Crippen LogP) is 5.22. The summed E-state index contributed by atoms with van der Waals surface area (Å²) in [5.41, 5.74) is 1.21. The van der Waals surface area contributed by atoms with Crippen LogP contribution in [0.2, 0.25) is 0 Å². The lowest BCUT2D eigenvalue weighted by atomic mass is 10.0. The van der Waals surface area contributed by atoms with Gasteiger partial charge in [0.1, 0.15) is 11.6 Å². The van der Waals surface area contributed by atoms with Crippen LogP contribution in [0.3, 0.4) is 0 Å². The quantitative estimate of drug-likeness (QED) is 0.581. The van der Waals surface area contributed by atoms with Gasteiger partial charge in [-0.05, 0) is 43.5 Å². The molecule has 0 bridgehead atoms. The van der Waals surface area contributed by atoms with Gasteiger partial charge in [0.05, 0.1) is 22.5 Å². The number of aromatic nitrogens is 1. The first-order valence-corrected chi connectivity index (χ1v) is 12.4. The zero-order valence-corrected chi connectivity index (χ0v) is 20.4. The minimum Gasteiger partial charge on any atom is -0.338 e. The van der Waals surface area contributed by atoms with Crippen molar-refractivity contribution >= 4 is 45.3 Å². The zero-order chi connectivity index (χ0) is 23.5. The van der Waals surface area contributed by atoms with Crippen LogP contribution in [-0.2, 0) is 4.79 Å². The summed E-state index contributed by atoms with van der Waals surface area (Å²) in [4.78, 5) is 33.9.